The molecule has 1 aliphatic carbocycles. The van der Waals surface area contributed by atoms with Gasteiger partial charge < -0.3 is 5.11 Å². The Morgan fingerprint density at radius 1 is 1.31 bits per heavy atom. The average Bonchev–Trinajstić information content (AvgIpc) is 3.02. The van der Waals surface area contributed by atoms with Crippen molar-refractivity contribution in [3.05, 3.63) is 66.7 Å². The molecule has 0 spiro atoms. The second-order valence-electron chi connectivity index (χ2n) is 8.04. The predicted octanol–water partition coefficient (Wildman–Crippen LogP) is 3.44. The molecule has 0 bridgehead atoms. The number of nitrogens with zero attached hydrogens (tertiary/aromatic N) is 1. The van der Waals surface area contributed by atoms with Crippen LogP contribution in [0, 0.1) is 12.8 Å². The molecule has 3 aromatic rings. The monoisotopic (exact) mass is 412 g/mol. The summed E-state index contributed by atoms with van der Waals surface area (Å²) in [5, 5.41) is 10.3. The number of nitrogens with one attached hydrogen (secondary N) is 1. The van der Waals surface area contributed by atoms with E-state index in [2.05, 4.69) is 11.9 Å². The Kier molecular flexibility index (Phi) is 5.17. The van der Waals surface area contributed by atoms with Gasteiger partial charge in [-0.25, -0.2) is 14.2 Å². The van der Waals surface area contributed by atoms with Gasteiger partial charge in [-0.15, -0.1) is 11.3 Å². The highest BCUT2D eigenvalue weighted by Crippen LogP contribution is 2.35. The summed E-state index contributed by atoms with van der Waals surface area (Å²) in [7, 11) is 0. The first kappa shape index (κ1) is 19.6. The van der Waals surface area contributed by atoms with Crippen LogP contribution in [0.1, 0.15) is 47.4 Å². The van der Waals surface area contributed by atoms with Gasteiger partial charge in [0.15, 0.2) is 0 Å². The summed E-state index contributed by atoms with van der Waals surface area (Å²) in [5.74, 6) is -0.618. The number of H-pyrrole nitrogens is 1. The van der Waals surface area contributed by atoms with Gasteiger partial charge in [-0.3, -0.25) is 9.78 Å². The molecule has 152 valence electrons. The Hall–Kier alpha value is -2.67. The van der Waals surface area contributed by atoms with Crippen LogP contribution in [0.25, 0.3) is 10.2 Å². The van der Waals surface area contributed by atoms with Gasteiger partial charge in [0.1, 0.15) is 10.9 Å². The minimum atomic E-state index is -1.20. The van der Waals surface area contributed by atoms with E-state index in [0.29, 0.717) is 22.6 Å². The van der Waals surface area contributed by atoms with Gasteiger partial charge in [0, 0.05) is 4.88 Å². The molecule has 0 saturated heterocycles. The van der Waals surface area contributed by atoms with Crippen molar-refractivity contribution < 1.29 is 9.90 Å². The topological polar surface area (TPSA) is 92.2 Å². The number of carboxylic acids is 1. The number of fused-ring (bicyclic) bond motifs is 3. The van der Waals surface area contributed by atoms with Crippen molar-refractivity contribution in [2.24, 2.45) is 5.92 Å². The van der Waals surface area contributed by atoms with Crippen LogP contribution in [0.15, 0.2) is 33.9 Å². The van der Waals surface area contributed by atoms with E-state index in [0.717, 1.165) is 45.4 Å². The van der Waals surface area contributed by atoms with Crippen LogP contribution in [0.2, 0.25) is 0 Å². The minimum Gasteiger partial charge on any atom is -0.480 e. The Balaban J connectivity index is 1.75. The van der Waals surface area contributed by atoms with E-state index >= 15 is 0 Å². The zero-order chi connectivity index (χ0) is 20.7. The second kappa shape index (κ2) is 7.63. The summed E-state index contributed by atoms with van der Waals surface area (Å²) in [6.45, 7) is 4.17. The summed E-state index contributed by atoms with van der Waals surface area (Å²) < 4.78 is 0.907. The summed E-state index contributed by atoms with van der Waals surface area (Å²) in [6.07, 6.45) is 3.33. The van der Waals surface area contributed by atoms with E-state index in [1.807, 2.05) is 31.2 Å². The van der Waals surface area contributed by atoms with Gasteiger partial charge in [-0.2, -0.15) is 0 Å². The molecular weight excluding hydrogens is 388 g/mol. The molecule has 0 radical (unpaired) electrons. The van der Waals surface area contributed by atoms with Crippen molar-refractivity contribution in [1.29, 1.82) is 0 Å². The molecule has 29 heavy (non-hydrogen) atoms. The molecule has 1 aliphatic rings. The lowest BCUT2D eigenvalue weighted by molar-refractivity contribution is -0.141. The maximum Gasteiger partial charge on any atom is 0.330 e. The Labute approximate surface area is 171 Å². The van der Waals surface area contributed by atoms with Crippen molar-refractivity contribution >= 4 is 27.5 Å². The van der Waals surface area contributed by atoms with Crippen molar-refractivity contribution in [2.75, 3.05) is 0 Å². The molecule has 4 rings (SSSR count). The quantitative estimate of drug-likeness (QED) is 0.671. The Bertz CT molecular complexity index is 1190. The molecule has 1 aromatic carbocycles. The van der Waals surface area contributed by atoms with Crippen LogP contribution in [-0.2, 0) is 24.1 Å². The highest BCUT2D eigenvalue weighted by atomic mass is 32.1. The van der Waals surface area contributed by atoms with E-state index in [1.165, 1.54) is 11.3 Å². The molecule has 2 N–H and O–H groups in total. The summed E-state index contributed by atoms with van der Waals surface area (Å²) in [6, 6.07) is 6.63. The first-order valence-electron chi connectivity index (χ1n) is 9.92. The normalized spacial score (nSPS) is 17.2. The lowest BCUT2D eigenvalue weighted by atomic mass is 9.89. The predicted molar refractivity (Wildman–Crippen MR) is 114 cm³/mol. The molecule has 0 saturated carbocycles. The number of aromatic nitrogens is 2. The first-order chi connectivity index (χ1) is 13.8. The van der Waals surface area contributed by atoms with Crippen LogP contribution in [0.3, 0.4) is 0 Å². The minimum absolute atomic E-state index is 0.177. The number of benzene rings is 1. The fraction of sp³-hybridized carbons (Fsp3) is 0.409. The average molecular weight is 413 g/mol. The highest BCUT2D eigenvalue weighted by Gasteiger charge is 2.28. The number of carbonyl (C=O) groups is 1. The number of hydrogen-bond donors (Lipinski definition) is 2. The van der Waals surface area contributed by atoms with Crippen LogP contribution >= 0.6 is 11.3 Å². The van der Waals surface area contributed by atoms with Gasteiger partial charge in [0.2, 0.25) is 0 Å². The van der Waals surface area contributed by atoms with E-state index in [-0.39, 0.29) is 6.42 Å². The third-order valence-corrected chi connectivity index (χ3v) is 6.98. The van der Waals surface area contributed by atoms with Crippen LogP contribution in [0.5, 0.6) is 0 Å². The van der Waals surface area contributed by atoms with Gasteiger partial charge in [0.05, 0.1) is 5.39 Å². The third kappa shape index (κ3) is 3.67. The number of hydrogen-bond acceptors (Lipinski definition) is 4. The molecular formula is C22H24N2O4S. The molecule has 2 atom stereocenters. The molecule has 2 unspecified atom stereocenters. The summed E-state index contributed by atoms with van der Waals surface area (Å²) >= 11 is 1.46. The van der Waals surface area contributed by atoms with Crippen LogP contribution < -0.4 is 11.2 Å². The van der Waals surface area contributed by atoms with E-state index < -0.39 is 23.3 Å². The largest absolute Gasteiger partial charge is 0.480 e. The zero-order valence-electron chi connectivity index (χ0n) is 16.5. The van der Waals surface area contributed by atoms with E-state index in [4.69, 9.17) is 0 Å². The van der Waals surface area contributed by atoms with Crippen molar-refractivity contribution in [3.8, 4) is 0 Å². The summed E-state index contributed by atoms with van der Waals surface area (Å²) in [4.78, 5) is 42.4. The molecule has 6 nitrogen and oxygen atoms in total. The molecule has 2 heterocycles. The standard InChI is InChI=1S/C22H24N2O4S/c1-12-3-6-14(7-4-12)8-10-16(21(26)27)24-20(25)18-15-9-5-13(2)11-17(15)29-19(18)23-22(24)28/h3-4,6-7,13,16H,5,8-11H2,1-2H3,(H,23,28)(H,26,27). The number of aromatic amines is 1. The Morgan fingerprint density at radius 2 is 2.03 bits per heavy atom. The fourth-order valence-electron chi connectivity index (χ4n) is 4.14. The maximum absolute atomic E-state index is 13.3. The molecule has 0 amide bonds. The number of thiophene rings is 1. The maximum atomic E-state index is 13.3. The molecule has 7 heteroatoms. The Morgan fingerprint density at radius 3 is 2.72 bits per heavy atom. The first-order valence-corrected chi connectivity index (χ1v) is 10.7. The highest BCUT2D eigenvalue weighted by molar-refractivity contribution is 7.18. The summed E-state index contributed by atoms with van der Waals surface area (Å²) in [5.41, 5.74) is 1.96. The number of aliphatic carboxylic acids is 1. The van der Waals surface area contributed by atoms with Crippen molar-refractivity contribution in [1.82, 2.24) is 9.55 Å². The molecule has 0 aliphatic heterocycles. The van der Waals surface area contributed by atoms with E-state index in [9.17, 15) is 19.5 Å². The number of rotatable bonds is 5. The van der Waals surface area contributed by atoms with Gasteiger partial charge in [-0.1, -0.05) is 36.8 Å². The fourth-order valence-corrected chi connectivity index (χ4v) is 5.53. The van der Waals surface area contributed by atoms with E-state index in [1.54, 1.807) is 0 Å². The smallest absolute Gasteiger partial charge is 0.330 e. The number of aryl methyl sites for hydroxylation is 3. The van der Waals surface area contributed by atoms with Crippen LogP contribution in [-0.4, -0.2) is 20.6 Å². The van der Waals surface area contributed by atoms with Gasteiger partial charge >= 0.3 is 11.7 Å². The molecule has 2 aromatic heterocycles. The zero-order valence-corrected chi connectivity index (χ0v) is 17.3. The molecule has 0 fully saturated rings. The van der Waals surface area contributed by atoms with Crippen LogP contribution in [0.4, 0.5) is 0 Å². The lowest BCUT2D eigenvalue weighted by Gasteiger charge is -2.18. The van der Waals surface area contributed by atoms with Gasteiger partial charge in [0.25, 0.3) is 5.56 Å². The SMILES string of the molecule is Cc1ccc(CCC(C(=O)O)n2c(=O)[nH]c3sc4c(c3c2=O)CCC(C)C4)cc1. The number of carboxylic acid groups (broad SMARTS) is 1. The van der Waals surface area contributed by atoms with Crippen molar-refractivity contribution in [2.45, 2.75) is 52.0 Å². The third-order valence-electron chi connectivity index (χ3n) is 5.81. The second-order valence-corrected chi connectivity index (χ2v) is 9.14. The van der Waals surface area contributed by atoms with Gasteiger partial charge in [-0.05, 0) is 56.1 Å². The lowest BCUT2D eigenvalue weighted by Crippen LogP contribution is -2.41. The van der Waals surface area contributed by atoms with Crippen molar-refractivity contribution in [3.63, 3.8) is 0 Å².